The van der Waals surface area contributed by atoms with Crippen molar-refractivity contribution in [3.63, 3.8) is 0 Å². The molecule has 2 atom stereocenters. The van der Waals surface area contributed by atoms with Crippen molar-refractivity contribution in [3.05, 3.63) is 27.1 Å². The summed E-state index contributed by atoms with van der Waals surface area (Å²) in [6.07, 6.45) is 4.36. The molecule has 0 spiro atoms. The smallest absolute Gasteiger partial charge is 0.410 e. The highest BCUT2D eigenvalue weighted by atomic mass is 79.9. The van der Waals surface area contributed by atoms with Crippen molar-refractivity contribution in [1.82, 2.24) is 14.9 Å². The largest absolute Gasteiger partial charge is 0.447 e. The molecule has 1 aliphatic carbocycles. The van der Waals surface area contributed by atoms with Gasteiger partial charge in [-0.05, 0) is 74.2 Å². The second-order valence-electron chi connectivity index (χ2n) is 9.99. The topological polar surface area (TPSA) is 114 Å². The zero-order valence-corrected chi connectivity index (χ0v) is 24.2. The minimum atomic E-state index is -3.88. The van der Waals surface area contributed by atoms with Crippen molar-refractivity contribution in [3.8, 4) is 0 Å². The number of alkyl carbamates (subject to hydrolysis) is 1. The maximum atomic E-state index is 13.1. The maximum absolute atomic E-state index is 13.1. The summed E-state index contributed by atoms with van der Waals surface area (Å²) in [5.74, 6) is 0. The van der Waals surface area contributed by atoms with Crippen molar-refractivity contribution < 1.29 is 27.5 Å². The Hall–Kier alpha value is -1.37. The average molecular weight is 639 g/mol. The first kappa shape index (κ1) is 28.2. The zero-order chi connectivity index (χ0) is 25.8. The number of nitrogens with zero attached hydrogens (tertiary/aromatic N) is 1. The standard InChI is InChI=1S/C23H33Br2N3O6S/c1-23(2,3)34-22(30)28-13-17(27-35(31,32)20-11-15(24)9-10-19(20)25)12-18(28)14-33-21(29)26-16-7-5-4-6-8-16/h9-11,16-18,27H,4-8,12-14H2,1-3H3,(H,26,29)/t17-,18-/m1/s1. The molecule has 0 aromatic heterocycles. The fourth-order valence-electron chi connectivity index (χ4n) is 4.30. The van der Waals surface area contributed by atoms with Gasteiger partial charge in [-0.2, -0.15) is 0 Å². The predicted molar refractivity (Wildman–Crippen MR) is 139 cm³/mol. The summed E-state index contributed by atoms with van der Waals surface area (Å²) in [5.41, 5.74) is -0.723. The first-order valence-corrected chi connectivity index (χ1v) is 14.8. The molecular formula is C23H33Br2N3O6S. The zero-order valence-electron chi connectivity index (χ0n) is 20.2. The molecule has 2 fully saturated rings. The van der Waals surface area contributed by atoms with Crippen LogP contribution in [-0.4, -0.2) is 62.4 Å². The van der Waals surface area contributed by atoms with Gasteiger partial charge >= 0.3 is 12.2 Å². The minimum Gasteiger partial charge on any atom is -0.447 e. The van der Waals surface area contributed by atoms with Gasteiger partial charge in [0.15, 0.2) is 0 Å². The molecule has 1 heterocycles. The summed E-state index contributed by atoms with van der Waals surface area (Å²) in [4.78, 5) is 26.7. The molecule has 3 rings (SSSR count). The second kappa shape index (κ2) is 11.8. The number of ether oxygens (including phenoxy) is 2. The molecule has 2 amide bonds. The van der Waals surface area contributed by atoms with Crippen LogP contribution in [0.15, 0.2) is 32.0 Å². The fraction of sp³-hybridized carbons (Fsp3) is 0.652. The van der Waals surface area contributed by atoms with Crippen LogP contribution in [0.1, 0.15) is 59.3 Å². The average Bonchev–Trinajstić information content (AvgIpc) is 3.15. The van der Waals surface area contributed by atoms with Gasteiger partial charge in [-0.1, -0.05) is 35.2 Å². The number of carbonyl (C=O) groups excluding carboxylic acids is 2. The van der Waals surface area contributed by atoms with E-state index in [1.165, 1.54) is 17.4 Å². The molecule has 1 aliphatic heterocycles. The van der Waals surface area contributed by atoms with Crippen LogP contribution in [0.25, 0.3) is 0 Å². The number of nitrogens with one attached hydrogen (secondary N) is 2. The van der Waals surface area contributed by atoms with E-state index in [2.05, 4.69) is 41.9 Å². The summed E-state index contributed by atoms with van der Waals surface area (Å²) in [6, 6.07) is 3.87. The Morgan fingerprint density at radius 3 is 2.46 bits per heavy atom. The van der Waals surface area contributed by atoms with Crippen LogP contribution < -0.4 is 10.0 Å². The summed E-state index contributed by atoms with van der Waals surface area (Å²) in [6.45, 7) is 5.31. The van der Waals surface area contributed by atoms with Crippen molar-refractivity contribution in [2.75, 3.05) is 13.2 Å². The molecule has 0 unspecified atom stereocenters. The Kier molecular flexibility index (Phi) is 9.50. The SMILES string of the molecule is CC(C)(C)OC(=O)N1C[C@H](NS(=O)(=O)c2cc(Br)ccc2Br)C[C@@H]1COC(=O)NC1CCCCC1. The number of hydrogen-bond acceptors (Lipinski definition) is 6. The summed E-state index contributed by atoms with van der Waals surface area (Å²) >= 11 is 6.59. The number of halogens is 2. The monoisotopic (exact) mass is 637 g/mol. The van der Waals surface area contributed by atoms with E-state index in [1.807, 2.05) is 0 Å². The Labute approximate surface area is 224 Å². The van der Waals surface area contributed by atoms with Crippen molar-refractivity contribution in [1.29, 1.82) is 0 Å². The number of rotatable bonds is 6. The van der Waals surface area contributed by atoms with Crippen LogP contribution in [0, 0.1) is 0 Å². The van der Waals surface area contributed by atoms with Crippen molar-refractivity contribution in [2.45, 2.75) is 87.9 Å². The van der Waals surface area contributed by atoms with Gasteiger partial charge in [0.25, 0.3) is 0 Å². The molecule has 2 N–H and O–H groups in total. The first-order valence-electron chi connectivity index (χ1n) is 11.7. The summed E-state index contributed by atoms with van der Waals surface area (Å²) in [7, 11) is -3.88. The molecule has 2 aliphatic rings. The van der Waals surface area contributed by atoms with Gasteiger partial charge in [0.1, 0.15) is 12.2 Å². The highest BCUT2D eigenvalue weighted by Gasteiger charge is 2.40. The Balaban J connectivity index is 1.68. The van der Waals surface area contributed by atoms with E-state index in [1.54, 1.807) is 32.9 Å². The Bertz CT molecular complexity index is 1020. The molecule has 1 saturated carbocycles. The lowest BCUT2D eigenvalue weighted by Gasteiger charge is -2.28. The van der Waals surface area contributed by atoms with Crippen molar-refractivity contribution >= 4 is 54.1 Å². The van der Waals surface area contributed by atoms with E-state index in [0.29, 0.717) is 8.95 Å². The molecule has 1 aromatic rings. The molecule has 9 nitrogen and oxygen atoms in total. The molecule has 196 valence electrons. The fourth-order valence-corrected chi connectivity index (χ4v) is 7.04. The van der Waals surface area contributed by atoms with Crippen LogP contribution in [0.2, 0.25) is 0 Å². The lowest BCUT2D eigenvalue weighted by molar-refractivity contribution is 0.0155. The van der Waals surface area contributed by atoms with Gasteiger partial charge in [-0.15, -0.1) is 0 Å². The maximum Gasteiger partial charge on any atom is 0.410 e. The van der Waals surface area contributed by atoms with Crippen LogP contribution >= 0.6 is 31.9 Å². The van der Waals surface area contributed by atoms with Gasteiger partial charge in [-0.3, -0.25) is 0 Å². The number of likely N-dealkylation sites (tertiary alicyclic amines) is 1. The second-order valence-corrected chi connectivity index (χ2v) is 13.4. The van der Waals surface area contributed by atoms with Gasteiger partial charge in [0.05, 0.1) is 10.9 Å². The summed E-state index contributed by atoms with van der Waals surface area (Å²) in [5, 5.41) is 2.89. The Morgan fingerprint density at radius 2 is 1.80 bits per heavy atom. The molecule has 1 aromatic carbocycles. The molecular weight excluding hydrogens is 606 g/mol. The van der Waals surface area contributed by atoms with Gasteiger partial charge < -0.3 is 19.7 Å². The van der Waals surface area contributed by atoms with Gasteiger partial charge in [0, 0.05) is 27.6 Å². The number of carbonyl (C=O) groups is 2. The van der Waals surface area contributed by atoms with Gasteiger partial charge in [-0.25, -0.2) is 22.7 Å². The normalized spacial score (nSPS) is 21.6. The predicted octanol–water partition coefficient (Wildman–Crippen LogP) is 4.93. The van der Waals surface area contributed by atoms with Gasteiger partial charge in [0.2, 0.25) is 10.0 Å². The van der Waals surface area contributed by atoms with E-state index in [0.717, 1.165) is 25.7 Å². The van der Waals surface area contributed by atoms with Crippen LogP contribution in [0.4, 0.5) is 9.59 Å². The highest BCUT2D eigenvalue weighted by Crippen LogP contribution is 2.28. The van der Waals surface area contributed by atoms with E-state index < -0.39 is 39.9 Å². The third kappa shape index (κ3) is 8.33. The molecule has 0 radical (unpaired) electrons. The number of benzene rings is 1. The van der Waals surface area contributed by atoms with Crippen LogP contribution in [0.3, 0.4) is 0 Å². The van der Waals surface area contributed by atoms with Crippen LogP contribution in [-0.2, 0) is 19.5 Å². The molecule has 12 heteroatoms. The molecule has 35 heavy (non-hydrogen) atoms. The molecule has 1 saturated heterocycles. The first-order chi connectivity index (χ1) is 16.3. The van der Waals surface area contributed by atoms with Crippen LogP contribution in [0.5, 0.6) is 0 Å². The number of amides is 2. The number of hydrogen-bond donors (Lipinski definition) is 2. The van der Waals surface area contributed by atoms with E-state index in [-0.39, 0.29) is 30.5 Å². The lowest BCUT2D eigenvalue weighted by Crippen LogP contribution is -2.44. The third-order valence-corrected chi connectivity index (χ3v) is 8.89. The van der Waals surface area contributed by atoms with E-state index in [4.69, 9.17) is 9.47 Å². The lowest BCUT2D eigenvalue weighted by atomic mass is 9.96. The van der Waals surface area contributed by atoms with E-state index in [9.17, 15) is 18.0 Å². The molecule has 0 bridgehead atoms. The Morgan fingerprint density at radius 1 is 1.11 bits per heavy atom. The number of sulfonamides is 1. The summed E-state index contributed by atoms with van der Waals surface area (Å²) < 4.78 is 40.8. The quantitative estimate of drug-likeness (QED) is 0.457. The highest BCUT2D eigenvalue weighted by molar-refractivity contribution is 9.11. The minimum absolute atomic E-state index is 0.0589. The van der Waals surface area contributed by atoms with E-state index >= 15 is 0 Å². The third-order valence-electron chi connectivity index (χ3n) is 5.88. The van der Waals surface area contributed by atoms with Crippen molar-refractivity contribution in [2.24, 2.45) is 0 Å².